The number of piperidine rings is 1. The number of aliphatic hydroxyl groups is 1. The van der Waals surface area contributed by atoms with Gasteiger partial charge in [0.05, 0.1) is 11.3 Å². The fraction of sp³-hybridized carbons (Fsp3) is 0.667. The van der Waals surface area contributed by atoms with E-state index in [1.165, 1.54) is 25.7 Å². The van der Waals surface area contributed by atoms with E-state index in [9.17, 15) is 31.4 Å². The van der Waals surface area contributed by atoms with Gasteiger partial charge in [0.2, 0.25) is 5.95 Å². The highest BCUT2D eigenvalue weighted by Crippen LogP contribution is 2.55. The molecule has 1 aromatic carbocycles. The summed E-state index contributed by atoms with van der Waals surface area (Å²) in [6.07, 6.45) is -5.71. The Hall–Kier alpha value is -2.05. The van der Waals surface area contributed by atoms with Crippen LogP contribution in [0.3, 0.4) is 0 Å². The van der Waals surface area contributed by atoms with Crippen molar-refractivity contribution in [1.29, 1.82) is 0 Å². The van der Waals surface area contributed by atoms with Gasteiger partial charge >= 0.3 is 12.4 Å². The van der Waals surface area contributed by atoms with Crippen LogP contribution in [-0.2, 0) is 6.18 Å². The number of anilines is 2. The van der Waals surface area contributed by atoms with Crippen LogP contribution in [0, 0.1) is 12.3 Å². The van der Waals surface area contributed by atoms with Crippen LogP contribution in [0.25, 0.3) is 0 Å². The van der Waals surface area contributed by atoms with Crippen LogP contribution < -0.4 is 5.32 Å². The van der Waals surface area contributed by atoms with Crippen molar-refractivity contribution in [3.8, 4) is 0 Å². The molecule has 2 unspecified atom stereocenters. The smallest absolute Gasteiger partial charge is 0.380 e. The maximum atomic E-state index is 13.8. The van der Waals surface area contributed by atoms with Crippen molar-refractivity contribution in [2.75, 3.05) is 18.4 Å². The molecule has 2 saturated carbocycles. The highest BCUT2D eigenvalue weighted by atomic mass is 32.2. The quantitative estimate of drug-likeness (QED) is 0.319. The number of thioether (sulfide) groups is 1. The largest absolute Gasteiger partial charge is 0.419 e. The predicted molar refractivity (Wildman–Crippen MR) is 151 cm³/mol. The Kier molecular flexibility index (Phi) is 8.56. The fourth-order valence-electron chi connectivity index (χ4n) is 6.80. The predicted octanol–water partition coefficient (Wildman–Crippen LogP) is 8.24. The van der Waals surface area contributed by atoms with Gasteiger partial charge in [-0.15, -0.1) is 11.8 Å². The number of hydrogen-bond donors (Lipinski definition) is 2. The molecule has 0 radical (unpaired) electrons. The molecule has 0 amide bonds. The second-order valence-corrected chi connectivity index (χ2v) is 14.1. The number of aryl methyl sites for hydroxylation is 1. The van der Waals surface area contributed by atoms with Gasteiger partial charge in [0.25, 0.3) is 0 Å². The van der Waals surface area contributed by atoms with E-state index in [2.05, 4.69) is 34.0 Å². The summed E-state index contributed by atoms with van der Waals surface area (Å²) in [5.74, 6) is -1.34. The van der Waals surface area contributed by atoms with Gasteiger partial charge in [-0.3, -0.25) is 0 Å². The van der Waals surface area contributed by atoms with Crippen LogP contribution in [-0.4, -0.2) is 56.1 Å². The average molecular weight is 617 g/mol. The minimum atomic E-state index is -4.94. The number of rotatable bonds is 6. The Morgan fingerprint density at radius 2 is 1.74 bits per heavy atom. The molecule has 2 aromatic rings. The summed E-state index contributed by atoms with van der Waals surface area (Å²) >= 11 is 1.85. The molecule has 2 heterocycles. The number of benzene rings is 1. The topological polar surface area (TPSA) is 61.3 Å². The molecule has 2 atom stereocenters. The van der Waals surface area contributed by atoms with E-state index < -0.39 is 48.0 Å². The molecule has 42 heavy (non-hydrogen) atoms. The Balaban J connectivity index is 1.27. The van der Waals surface area contributed by atoms with E-state index in [1.54, 1.807) is 0 Å². The van der Waals surface area contributed by atoms with Crippen LogP contribution in [0.5, 0.6) is 0 Å². The average Bonchev–Trinajstić information content (AvgIpc) is 2.88. The molecule has 2 aliphatic carbocycles. The van der Waals surface area contributed by atoms with Gasteiger partial charge in [-0.25, -0.2) is 9.97 Å². The molecule has 12 heteroatoms. The van der Waals surface area contributed by atoms with Crippen molar-refractivity contribution >= 4 is 23.4 Å². The van der Waals surface area contributed by atoms with E-state index in [1.807, 2.05) is 36.9 Å². The van der Waals surface area contributed by atoms with Gasteiger partial charge in [-0.1, -0.05) is 0 Å². The summed E-state index contributed by atoms with van der Waals surface area (Å²) < 4.78 is 82.0. The third-order valence-corrected chi connectivity index (χ3v) is 10.6. The first-order chi connectivity index (χ1) is 19.6. The number of hydrogen-bond acceptors (Lipinski definition) is 6. The third-order valence-electron chi connectivity index (χ3n) is 9.42. The first kappa shape index (κ1) is 31.4. The molecule has 5 rings (SSSR count). The maximum absolute atomic E-state index is 13.8. The zero-order chi connectivity index (χ0) is 30.5. The molecule has 232 valence electrons. The summed E-state index contributed by atoms with van der Waals surface area (Å²) in [4.78, 5) is 11.6. The standard InChI is InChI=1S/C30H38F6N4OS/c1-18(2)40-11-9-27(10-12-40)15-22(16-27)42-21-6-7-24(19(3)13-21)38-26-37-17-23(29(31,32)33)25(39-26)20-5-4-8-28(41,14-20)30(34,35)36/h6-7,13,17-18,20,22,41H,4-5,8-12,14-16H2,1-3H3,(H,37,38,39). The lowest BCUT2D eigenvalue weighted by Crippen LogP contribution is -2.49. The van der Waals surface area contributed by atoms with Crippen molar-refractivity contribution < 1.29 is 31.4 Å². The summed E-state index contributed by atoms with van der Waals surface area (Å²) in [7, 11) is 0. The monoisotopic (exact) mass is 616 g/mol. The SMILES string of the molecule is Cc1cc(SC2CC3(CCN(C(C)C)CC3)C2)ccc1Nc1ncc(C(F)(F)F)c(C2CCCC(O)(C(F)(F)F)C2)n1. The molecule has 3 fully saturated rings. The van der Waals surface area contributed by atoms with Crippen LogP contribution in [0.2, 0.25) is 0 Å². The Morgan fingerprint density at radius 1 is 1.05 bits per heavy atom. The van der Waals surface area contributed by atoms with Crippen molar-refractivity contribution in [2.24, 2.45) is 5.41 Å². The van der Waals surface area contributed by atoms with Gasteiger partial charge in [0, 0.05) is 34.0 Å². The zero-order valence-electron chi connectivity index (χ0n) is 24.1. The fourth-order valence-corrected chi connectivity index (χ4v) is 8.45. The number of nitrogens with one attached hydrogen (secondary N) is 1. The van der Waals surface area contributed by atoms with E-state index >= 15 is 0 Å². The molecule has 1 saturated heterocycles. The van der Waals surface area contributed by atoms with Crippen LogP contribution >= 0.6 is 11.8 Å². The number of likely N-dealkylation sites (tertiary alicyclic amines) is 1. The second kappa shape index (κ2) is 11.5. The molecule has 1 spiro atoms. The van der Waals surface area contributed by atoms with Crippen molar-refractivity contribution in [3.63, 3.8) is 0 Å². The summed E-state index contributed by atoms with van der Waals surface area (Å²) in [5, 5.41) is 13.7. The summed E-state index contributed by atoms with van der Waals surface area (Å²) in [5.41, 5.74) is -2.83. The summed E-state index contributed by atoms with van der Waals surface area (Å²) in [6, 6.07) is 6.40. The summed E-state index contributed by atoms with van der Waals surface area (Å²) in [6.45, 7) is 8.69. The van der Waals surface area contributed by atoms with Gasteiger partial charge < -0.3 is 15.3 Å². The molecule has 0 bridgehead atoms. The van der Waals surface area contributed by atoms with Crippen molar-refractivity contribution in [1.82, 2.24) is 14.9 Å². The highest BCUT2D eigenvalue weighted by molar-refractivity contribution is 8.00. The van der Waals surface area contributed by atoms with E-state index in [4.69, 9.17) is 0 Å². The van der Waals surface area contributed by atoms with Crippen LogP contribution in [0.15, 0.2) is 29.3 Å². The van der Waals surface area contributed by atoms with Gasteiger partial charge in [-0.2, -0.15) is 26.3 Å². The Morgan fingerprint density at radius 3 is 2.33 bits per heavy atom. The highest BCUT2D eigenvalue weighted by Gasteiger charge is 2.56. The number of alkyl halides is 6. The lowest BCUT2D eigenvalue weighted by molar-refractivity contribution is -0.271. The van der Waals surface area contributed by atoms with Gasteiger partial charge in [0.1, 0.15) is 0 Å². The van der Waals surface area contributed by atoms with Crippen LogP contribution in [0.1, 0.15) is 88.0 Å². The number of halogens is 6. The maximum Gasteiger partial charge on any atom is 0.419 e. The zero-order valence-corrected chi connectivity index (χ0v) is 24.9. The van der Waals surface area contributed by atoms with Gasteiger partial charge in [-0.05, 0) is 114 Å². The number of nitrogens with zero attached hydrogens (tertiary/aromatic N) is 3. The molecular formula is C30H38F6N4OS. The van der Waals surface area contributed by atoms with Crippen molar-refractivity contribution in [3.05, 3.63) is 41.2 Å². The lowest BCUT2D eigenvalue weighted by Gasteiger charge is -2.52. The Bertz CT molecular complexity index is 1270. The minimum Gasteiger partial charge on any atom is -0.380 e. The van der Waals surface area contributed by atoms with E-state index in [-0.39, 0.29) is 18.8 Å². The second-order valence-electron chi connectivity index (χ2n) is 12.7. The third kappa shape index (κ3) is 6.55. The van der Waals surface area contributed by atoms with Gasteiger partial charge in [0.15, 0.2) is 5.60 Å². The van der Waals surface area contributed by atoms with Crippen molar-refractivity contribution in [2.45, 2.75) is 112 Å². The lowest BCUT2D eigenvalue weighted by atomic mass is 9.63. The molecule has 3 aliphatic rings. The Labute approximate surface area is 246 Å². The molecule has 1 aromatic heterocycles. The normalized spacial score (nSPS) is 25.5. The molecule has 1 aliphatic heterocycles. The molecular weight excluding hydrogens is 578 g/mol. The molecule has 5 nitrogen and oxygen atoms in total. The first-order valence-corrected chi connectivity index (χ1v) is 15.5. The van der Waals surface area contributed by atoms with Crippen LogP contribution in [0.4, 0.5) is 38.0 Å². The first-order valence-electron chi connectivity index (χ1n) is 14.6. The molecule has 2 N–H and O–H groups in total. The van der Waals surface area contributed by atoms with E-state index in [0.717, 1.165) is 23.5 Å². The van der Waals surface area contributed by atoms with E-state index in [0.29, 0.717) is 28.6 Å². The minimum absolute atomic E-state index is 0.0569. The number of aromatic nitrogens is 2.